The molecule has 45 heavy (non-hydrogen) atoms. The van der Waals surface area contributed by atoms with Crippen LogP contribution in [0.25, 0.3) is 60.7 Å². The maximum absolute atomic E-state index is 5.65. The third kappa shape index (κ3) is 5.91. The number of aromatic amines is 1. The van der Waals surface area contributed by atoms with Crippen molar-refractivity contribution in [2.45, 2.75) is 48.0 Å². The summed E-state index contributed by atoms with van der Waals surface area (Å²) in [6, 6.07) is 38.7. The molecule has 228 valence electrons. The molecule has 3 heterocycles. The van der Waals surface area contributed by atoms with Crippen molar-refractivity contribution in [3.63, 3.8) is 0 Å². The SMILES string of the molecule is C/C=C\c1oc2ccccc2c1C.CC.CC.Cn1c2ccccc2c2cccc(Cc3cccc4[nH]c5ccccc5c34)c21. The maximum Gasteiger partial charge on any atom is 0.135 e. The Morgan fingerprint density at radius 1 is 0.644 bits per heavy atom. The molecule has 3 heteroatoms. The van der Waals surface area contributed by atoms with Gasteiger partial charge in [-0.05, 0) is 55.3 Å². The number of aryl methyl sites for hydroxylation is 2. The van der Waals surface area contributed by atoms with E-state index < -0.39 is 0 Å². The Balaban J connectivity index is 0.000000198. The van der Waals surface area contributed by atoms with Crippen LogP contribution in [0.2, 0.25) is 0 Å². The number of nitrogens with zero attached hydrogens (tertiary/aromatic N) is 1. The first-order chi connectivity index (χ1) is 22.1. The van der Waals surface area contributed by atoms with Crippen LogP contribution in [0.1, 0.15) is 57.1 Å². The van der Waals surface area contributed by atoms with E-state index in [0.29, 0.717) is 0 Å². The van der Waals surface area contributed by atoms with E-state index in [0.717, 1.165) is 17.8 Å². The second-order valence-corrected chi connectivity index (χ2v) is 10.7. The van der Waals surface area contributed by atoms with Gasteiger partial charge in [-0.2, -0.15) is 0 Å². The molecule has 8 aromatic rings. The lowest BCUT2D eigenvalue weighted by Crippen LogP contribution is -1.95. The van der Waals surface area contributed by atoms with Crippen LogP contribution in [0, 0.1) is 6.92 Å². The molecule has 0 amide bonds. The Bertz CT molecular complexity index is 2220. The normalized spacial score (nSPS) is 11.0. The molecule has 3 nitrogen and oxygen atoms in total. The molecule has 1 N–H and O–H groups in total. The second-order valence-electron chi connectivity index (χ2n) is 10.7. The van der Waals surface area contributed by atoms with E-state index in [9.17, 15) is 0 Å². The fourth-order valence-corrected chi connectivity index (χ4v) is 6.30. The molecule has 0 aliphatic rings. The third-order valence-electron chi connectivity index (χ3n) is 8.21. The van der Waals surface area contributed by atoms with Gasteiger partial charge < -0.3 is 14.0 Å². The Morgan fingerprint density at radius 3 is 2.00 bits per heavy atom. The van der Waals surface area contributed by atoms with Crippen LogP contribution < -0.4 is 0 Å². The molecular formula is C42H44N2O. The lowest BCUT2D eigenvalue weighted by atomic mass is 9.98. The Labute approximate surface area is 266 Å². The molecule has 3 aromatic heterocycles. The van der Waals surface area contributed by atoms with Gasteiger partial charge in [0.25, 0.3) is 0 Å². The molecule has 0 spiro atoms. The van der Waals surface area contributed by atoms with Crippen LogP contribution in [0.4, 0.5) is 0 Å². The Kier molecular flexibility index (Phi) is 9.89. The van der Waals surface area contributed by atoms with Gasteiger partial charge in [-0.25, -0.2) is 0 Å². The number of furan rings is 1. The number of hydrogen-bond acceptors (Lipinski definition) is 1. The highest BCUT2D eigenvalue weighted by Gasteiger charge is 2.14. The van der Waals surface area contributed by atoms with E-state index >= 15 is 0 Å². The molecule has 0 radical (unpaired) electrons. The molecular weight excluding hydrogens is 548 g/mol. The number of allylic oxidation sites excluding steroid dienone is 1. The van der Waals surface area contributed by atoms with Gasteiger partial charge in [-0.1, -0.05) is 119 Å². The predicted molar refractivity (Wildman–Crippen MR) is 197 cm³/mol. The molecule has 0 fully saturated rings. The van der Waals surface area contributed by atoms with E-state index in [1.54, 1.807) is 0 Å². The van der Waals surface area contributed by atoms with Crippen LogP contribution in [-0.4, -0.2) is 9.55 Å². The second kappa shape index (κ2) is 14.2. The fourth-order valence-electron chi connectivity index (χ4n) is 6.30. The monoisotopic (exact) mass is 592 g/mol. The van der Waals surface area contributed by atoms with Crippen molar-refractivity contribution in [1.82, 2.24) is 9.55 Å². The number of fused-ring (bicyclic) bond motifs is 7. The largest absolute Gasteiger partial charge is 0.456 e. The van der Waals surface area contributed by atoms with Crippen LogP contribution in [0.5, 0.6) is 0 Å². The van der Waals surface area contributed by atoms with Gasteiger partial charge in [0.05, 0.1) is 5.52 Å². The van der Waals surface area contributed by atoms with Gasteiger partial charge in [0.1, 0.15) is 11.3 Å². The number of hydrogen-bond donors (Lipinski definition) is 1. The number of aromatic nitrogens is 2. The number of benzene rings is 5. The quantitative estimate of drug-likeness (QED) is 0.217. The molecule has 0 unspecified atom stereocenters. The average Bonchev–Trinajstić information content (AvgIpc) is 3.74. The molecule has 0 saturated carbocycles. The number of para-hydroxylation sites is 4. The number of H-pyrrole nitrogens is 1. The molecule has 0 saturated heterocycles. The molecule has 0 bridgehead atoms. The Morgan fingerprint density at radius 2 is 1.24 bits per heavy atom. The van der Waals surface area contributed by atoms with Crippen LogP contribution in [0.15, 0.2) is 120 Å². The smallest absolute Gasteiger partial charge is 0.135 e. The number of nitrogens with one attached hydrogen (secondary N) is 1. The molecule has 0 atom stereocenters. The standard InChI is InChI=1S/C26H20N2.C12H12O.2C2H6/c1-28-24-15-5-3-10-19(24)20-12-6-9-18(26(20)28)16-17-8-7-14-23-25(17)21-11-2-4-13-22(21)27-23;1-3-6-11-9(2)10-7-4-5-8-12(10)13-11;2*1-2/h2-15,27H,16H2,1H3;3-8H,1-2H3;2*1-2H3/b;6-3-;;. The summed E-state index contributed by atoms with van der Waals surface area (Å²) < 4.78 is 8.00. The van der Waals surface area contributed by atoms with E-state index in [1.807, 2.05) is 65.0 Å². The van der Waals surface area contributed by atoms with Crippen molar-refractivity contribution in [2.24, 2.45) is 7.05 Å². The van der Waals surface area contributed by atoms with Gasteiger partial charge in [0.15, 0.2) is 0 Å². The summed E-state index contributed by atoms with van der Waals surface area (Å²) in [7, 11) is 2.18. The van der Waals surface area contributed by atoms with E-state index in [4.69, 9.17) is 4.42 Å². The highest BCUT2D eigenvalue weighted by molar-refractivity contribution is 6.11. The summed E-state index contributed by atoms with van der Waals surface area (Å²) >= 11 is 0. The van der Waals surface area contributed by atoms with Gasteiger partial charge in [-0.15, -0.1) is 0 Å². The van der Waals surface area contributed by atoms with Crippen molar-refractivity contribution in [3.05, 3.63) is 138 Å². The zero-order chi connectivity index (χ0) is 31.9. The Hall–Kier alpha value is -5.02. The predicted octanol–water partition coefficient (Wildman–Crippen LogP) is 12.4. The lowest BCUT2D eigenvalue weighted by molar-refractivity contribution is 0.601. The summed E-state index contributed by atoms with van der Waals surface area (Å²) in [6.45, 7) is 12.1. The first-order valence-electron chi connectivity index (χ1n) is 16.2. The number of rotatable bonds is 3. The van der Waals surface area contributed by atoms with E-state index in [-0.39, 0.29) is 0 Å². The summed E-state index contributed by atoms with van der Waals surface area (Å²) in [5.74, 6) is 0.962. The third-order valence-corrected chi connectivity index (χ3v) is 8.21. The first-order valence-corrected chi connectivity index (χ1v) is 16.2. The topological polar surface area (TPSA) is 33.9 Å². The zero-order valence-corrected chi connectivity index (χ0v) is 27.6. The van der Waals surface area contributed by atoms with Crippen molar-refractivity contribution in [1.29, 1.82) is 0 Å². The summed E-state index contributed by atoms with van der Waals surface area (Å²) in [6.07, 6.45) is 4.90. The fraction of sp³-hybridized carbons (Fsp3) is 0.190. The molecule has 5 aromatic carbocycles. The van der Waals surface area contributed by atoms with Gasteiger partial charge in [-0.3, -0.25) is 0 Å². The summed E-state index contributed by atoms with van der Waals surface area (Å²) in [5, 5.41) is 6.51. The van der Waals surface area contributed by atoms with Gasteiger partial charge >= 0.3 is 0 Å². The van der Waals surface area contributed by atoms with E-state index in [2.05, 4.69) is 115 Å². The highest BCUT2D eigenvalue weighted by Crippen LogP contribution is 2.34. The molecule has 8 rings (SSSR count). The maximum atomic E-state index is 5.65. The average molecular weight is 593 g/mol. The lowest BCUT2D eigenvalue weighted by Gasteiger charge is -2.09. The first kappa shape index (κ1) is 31.4. The van der Waals surface area contributed by atoms with Crippen molar-refractivity contribution >= 4 is 60.7 Å². The van der Waals surface area contributed by atoms with Crippen molar-refractivity contribution in [2.75, 3.05) is 0 Å². The molecule has 0 aliphatic heterocycles. The molecule has 0 aliphatic carbocycles. The minimum absolute atomic E-state index is 0.917. The van der Waals surface area contributed by atoms with E-state index in [1.165, 1.54) is 65.7 Å². The van der Waals surface area contributed by atoms with Crippen molar-refractivity contribution < 1.29 is 4.42 Å². The summed E-state index contributed by atoms with van der Waals surface area (Å²) in [5.41, 5.74) is 9.95. The van der Waals surface area contributed by atoms with Gasteiger partial charge in [0, 0.05) is 62.5 Å². The van der Waals surface area contributed by atoms with Crippen LogP contribution in [0.3, 0.4) is 0 Å². The van der Waals surface area contributed by atoms with Crippen LogP contribution >= 0.6 is 0 Å². The van der Waals surface area contributed by atoms with Crippen molar-refractivity contribution in [3.8, 4) is 0 Å². The highest BCUT2D eigenvalue weighted by atomic mass is 16.3. The minimum atomic E-state index is 0.917. The summed E-state index contributed by atoms with van der Waals surface area (Å²) in [4.78, 5) is 3.57. The van der Waals surface area contributed by atoms with Crippen LogP contribution in [-0.2, 0) is 13.5 Å². The minimum Gasteiger partial charge on any atom is -0.456 e. The zero-order valence-electron chi connectivity index (χ0n) is 27.6. The van der Waals surface area contributed by atoms with Gasteiger partial charge in [0.2, 0.25) is 0 Å².